The average Bonchev–Trinajstić information content (AvgIpc) is 2.37. The van der Waals surface area contributed by atoms with Gasteiger partial charge in [-0.2, -0.15) is 0 Å². The SMILES string of the molecule is CCC[CH2][Sn]([CH2]/C=C\O)([CH2]CCC)[CH2]CCC. The molecule has 0 aliphatic rings. The second kappa shape index (κ2) is 11.4. The van der Waals surface area contributed by atoms with Crippen molar-refractivity contribution >= 4 is 18.4 Å². The van der Waals surface area contributed by atoms with E-state index in [1.165, 1.54) is 62.5 Å². The van der Waals surface area contributed by atoms with E-state index in [0.29, 0.717) is 0 Å². The number of hydrogen-bond acceptors (Lipinski definition) is 1. The van der Waals surface area contributed by atoms with E-state index in [0.717, 1.165) is 0 Å². The number of aliphatic hydroxyl groups excluding tert-OH is 1. The Hall–Kier alpha value is 0.339. The van der Waals surface area contributed by atoms with Gasteiger partial charge in [-0.05, 0) is 0 Å². The fraction of sp³-hybridized carbons (Fsp3) is 0.867. The van der Waals surface area contributed by atoms with E-state index in [9.17, 15) is 0 Å². The molecule has 0 amide bonds. The van der Waals surface area contributed by atoms with Gasteiger partial charge in [0, 0.05) is 0 Å². The molecule has 0 unspecified atom stereocenters. The fourth-order valence-corrected chi connectivity index (χ4v) is 17.7. The molecule has 0 heterocycles. The van der Waals surface area contributed by atoms with Gasteiger partial charge < -0.3 is 0 Å². The zero-order valence-corrected chi connectivity index (χ0v) is 15.0. The molecule has 1 nitrogen and oxygen atoms in total. The Morgan fingerprint density at radius 2 is 1.24 bits per heavy atom. The van der Waals surface area contributed by atoms with Crippen molar-refractivity contribution in [1.82, 2.24) is 0 Å². The molecule has 0 bridgehead atoms. The van der Waals surface area contributed by atoms with Crippen molar-refractivity contribution in [2.45, 2.75) is 77.0 Å². The van der Waals surface area contributed by atoms with E-state index >= 15 is 0 Å². The summed E-state index contributed by atoms with van der Waals surface area (Å²) in [5.41, 5.74) is 0. The van der Waals surface area contributed by atoms with E-state index in [1.54, 1.807) is 0 Å². The Bertz CT molecular complexity index is 168. The van der Waals surface area contributed by atoms with Crippen LogP contribution in [0.1, 0.15) is 59.3 Å². The molecular formula is C15H32OSn. The van der Waals surface area contributed by atoms with Crippen molar-refractivity contribution in [3.8, 4) is 0 Å². The van der Waals surface area contributed by atoms with Gasteiger partial charge in [-0.3, -0.25) is 0 Å². The van der Waals surface area contributed by atoms with Crippen molar-refractivity contribution in [3.63, 3.8) is 0 Å². The van der Waals surface area contributed by atoms with Gasteiger partial charge in [-0.1, -0.05) is 0 Å². The van der Waals surface area contributed by atoms with Gasteiger partial charge in [-0.25, -0.2) is 0 Å². The van der Waals surface area contributed by atoms with Gasteiger partial charge in [0.1, 0.15) is 0 Å². The van der Waals surface area contributed by atoms with E-state index in [1.807, 2.05) is 0 Å². The molecule has 0 aromatic rings. The van der Waals surface area contributed by atoms with E-state index in [2.05, 4.69) is 26.8 Å². The van der Waals surface area contributed by atoms with E-state index in [-0.39, 0.29) is 0 Å². The molecule has 0 aromatic carbocycles. The second-order valence-corrected chi connectivity index (χ2v) is 19.4. The number of aliphatic hydroxyl groups is 1. The molecule has 0 rings (SSSR count). The molecule has 0 fully saturated rings. The van der Waals surface area contributed by atoms with Crippen LogP contribution in [-0.4, -0.2) is 23.5 Å². The van der Waals surface area contributed by atoms with Gasteiger partial charge in [0.05, 0.1) is 0 Å². The summed E-state index contributed by atoms with van der Waals surface area (Å²) in [5, 5.41) is 8.96. The van der Waals surface area contributed by atoms with Gasteiger partial charge in [0.25, 0.3) is 0 Å². The summed E-state index contributed by atoms with van der Waals surface area (Å²) in [7, 11) is 0. The molecule has 0 radical (unpaired) electrons. The molecule has 0 aliphatic heterocycles. The molecule has 0 aromatic heterocycles. The molecule has 0 saturated heterocycles. The average molecular weight is 347 g/mol. The Morgan fingerprint density at radius 3 is 1.53 bits per heavy atom. The summed E-state index contributed by atoms with van der Waals surface area (Å²) in [6.45, 7) is 6.91. The molecule has 1 N–H and O–H groups in total. The molecule has 0 saturated carbocycles. The first-order valence-electron chi connectivity index (χ1n) is 7.54. The summed E-state index contributed by atoms with van der Waals surface area (Å²) in [6.07, 6.45) is 11.6. The summed E-state index contributed by atoms with van der Waals surface area (Å²) in [6, 6.07) is 0. The molecule has 0 aliphatic carbocycles. The van der Waals surface area contributed by atoms with Crippen LogP contribution in [0.4, 0.5) is 0 Å². The van der Waals surface area contributed by atoms with Crippen molar-refractivity contribution < 1.29 is 5.11 Å². The van der Waals surface area contributed by atoms with E-state index < -0.39 is 18.4 Å². The fourth-order valence-electron chi connectivity index (χ4n) is 2.64. The first-order valence-corrected chi connectivity index (χ1v) is 15.6. The number of hydrogen-bond donors (Lipinski definition) is 1. The van der Waals surface area contributed by atoms with Crippen LogP contribution in [0.5, 0.6) is 0 Å². The summed E-state index contributed by atoms with van der Waals surface area (Å²) >= 11 is -1.94. The minimum atomic E-state index is -1.94. The Kier molecular flexibility index (Phi) is 11.7. The van der Waals surface area contributed by atoms with Crippen LogP contribution >= 0.6 is 0 Å². The first kappa shape index (κ1) is 17.3. The standard InChI is InChI=1S/3C4H9.C3H5O.Sn/c3*1-3-4-2;1-2-3-4;/h3*1,3-4H2,2H3;2-4H,1H2;/b;;;3-2-;. The van der Waals surface area contributed by atoms with Crippen LogP contribution in [0.2, 0.25) is 17.7 Å². The maximum atomic E-state index is 8.96. The maximum absolute atomic E-state index is 8.96. The number of allylic oxidation sites excluding steroid dienone is 1. The molecule has 0 atom stereocenters. The normalized spacial score (nSPS) is 12.4. The van der Waals surface area contributed by atoms with Gasteiger partial charge in [0.2, 0.25) is 0 Å². The molecule has 0 spiro atoms. The quantitative estimate of drug-likeness (QED) is 0.364. The predicted molar refractivity (Wildman–Crippen MR) is 81.5 cm³/mol. The molecule has 2 heteroatoms. The molecule has 17 heavy (non-hydrogen) atoms. The number of unbranched alkanes of at least 4 members (excludes halogenated alkanes) is 3. The van der Waals surface area contributed by atoms with E-state index in [4.69, 9.17) is 5.11 Å². The van der Waals surface area contributed by atoms with Crippen molar-refractivity contribution in [1.29, 1.82) is 0 Å². The van der Waals surface area contributed by atoms with Crippen LogP contribution in [-0.2, 0) is 0 Å². The van der Waals surface area contributed by atoms with Crippen LogP contribution in [0.15, 0.2) is 12.3 Å². The molecular weight excluding hydrogens is 315 g/mol. The van der Waals surface area contributed by atoms with Crippen molar-refractivity contribution in [2.24, 2.45) is 0 Å². The van der Waals surface area contributed by atoms with Crippen LogP contribution in [0.3, 0.4) is 0 Å². The first-order chi connectivity index (χ1) is 8.24. The Morgan fingerprint density at radius 1 is 0.824 bits per heavy atom. The zero-order valence-electron chi connectivity index (χ0n) is 12.2. The third kappa shape index (κ3) is 8.12. The van der Waals surface area contributed by atoms with Crippen molar-refractivity contribution in [2.75, 3.05) is 0 Å². The third-order valence-corrected chi connectivity index (χ3v) is 19.1. The Balaban J connectivity index is 4.50. The van der Waals surface area contributed by atoms with Crippen LogP contribution in [0.25, 0.3) is 0 Å². The molecule has 102 valence electrons. The number of rotatable bonds is 11. The topological polar surface area (TPSA) is 20.2 Å². The monoisotopic (exact) mass is 348 g/mol. The second-order valence-electron chi connectivity index (χ2n) is 5.40. The van der Waals surface area contributed by atoms with Crippen LogP contribution in [0, 0.1) is 0 Å². The summed E-state index contributed by atoms with van der Waals surface area (Å²) < 4.78 is 5.88. The minimum absolute atomic E-state index is 1.27. The van der Waals surface area contributed by atoms with Gasteiger partial charge in [-0.15, -0.1) is 0 Å². The zero-order chi connectivity index (χ0) is 13.0. The van der Waals surface area contributed by atoms with Crippen molar-refractivity contribution in [3.05, 3.63) is 12.3 Å². The summed E-state index contributed by atoms with van der Waals surface area (Å²) in [4.78, 5) is 0. The third-order valence-electron chi connectivity index (χ3n) is 3.84. The van der Waals surface area contributed by atoms with Gasteiger partial charge >= 0.3 is 113 Å². The van der Waals surface area contributed by atoms with Crippen LogP contribution < -0.4 is 0 Å². The summed E-state index contributed by atoms with van der Waals surface area (Å²) in [5.74, 6) is 0. The van der Waals surface area contributed by atoms with Gasteiger partial charge in [0.15, 0.2) is 0 Å². The Labute approximate surface area is 113 Å². The predicted octanol–water partition coefficient (Wildman–Crippen LogP) is 5.91.